The van der Waals surface area contributed by atoms with E-state index in [1.165, 1.54) is 25.7 Å². The molecule has 0 heterocycles. The van der Waals surface area contributed by atoms with Crippen molar-refractivity contribution in [1.29, 1.82) is 0 Å². The minimum absolute atomic E-state index is 0.0716. The lowest BCUT2D eigenvalue weighted by atomic mass is 9.47. The molecular formula is C24H36O2. The van der Waals surface area contributed by atoms with Gasteiger partial charge in [-0.05, 0) is 67.8 Å². The molecule has 3 aliphatic carbocycles. The second-order valence-corrected chi connectivity index (χ2v) is 9.83. The van der Waals surface area contributed by atoms with Crippen molar-refractivity contribution in [2.24, 2.45) is 28.6 Å². The molecule has 0 saturated heterocycles. The van der Waals surface area contributed by atoms with E-state index in [4.69, 9.17) is 4.74 Å². The molecule has 1 saturated carbocycles. The Bertz CT molecular complexity index is 653. The molecule has 0 aliphatic heterocycles. The summed E-state index contributed by atoms with van der Waals surface area (Å²) in [5.74, 6) is 1.66. The zero-order valence-electron chi connectivity index (χ0n) is 17.4. The summed E-state index contributed by atoms with van der Waals surface area (Å²) in [7, 11) is 0. The number of allylic oxidation sites excluding steroid dienone is 4. The summed E-state index contributed by atoms with van der Waals surface area (Å²) in [4.78, 5) is 12.0. The number of esters is 1. The summed E-state index contributed by atoms with van der Waals surface area (Å²) in [5.41, 5.74) is 4.09. The Morgan fingerprint density at radius 3 is 2.73 bits per heavy atom. The number of fused-ring (bicyclic) bond motifs is 3. The van der Waals surface area contributed by atoms with E-state index in [0.29, 0.717) is 35.3 Å². The van der Waals surface area contributed by atoms with E-state index in [2.05, 4.69) is 46.4 Å². The molecule has 2 nitrogen and oxygen atoms in total. The predicted molar refractivity (Wildman–Crippen MR) is 108 cm³/mol. The Labute approximate surface area is 159 Å². The van der Waals surface area contributed by atoms with Crippen LogP contribution in [0.4, 0.5) is 0 Å². The molecule has 1 fully saturated rings. The molecule has 0 unspecified atom stereocenters. The van der Waals surface area contributed by atoms with E-state index >= 15 is 0 Å². The smallest absolute Gasteiger partial charge is 0.333 e. The Kier molecular flexibility index (Phi) is 5.25. The number of carbonyl (C=O) groups excluding carboxylic acids is 1. The van der Waals surface area contributed by atoms with Gasteiger partial charge in [0.25, 0.3) is 0 Å². The molecule has 3 aliphatic rings. The molecule has 3 rings (SSSR count). The summed E-state index contributed by atoms with van der Waals surface area (Å²) < 4.78 is 5.65. The van der Waals surface area contributed by atoms with Gasteiger partial charge in [-0.15, -0.1) is 0 Å². The monoisotopic (exact) mass is 356 g/mol. The second kappa shape index (κ2) is 7.02. The first-order chi connectivity index (χ1) is 12.2. The van der Waals surface area contributed by atoms with Crippen LogP contribution in [-0.2, 0) is 9.53 Å². The fraction of sp³-hybridized carbons (Fsp3) is 0.708. The molecule has 26 heavy (non-hydrogen) atoms. The zero-order valence-corrected chi connectivity index (χ0v) is 17.4. The van der Waals surface area contributed by atoms with Crippen LogP contribution >= 0.6 is 0 Å². The topological polar surface area (TPSA) is 26.3 Å². The van der Waals surface area contributed by atoms with Crippen molar-refractivity contribution in [3.63, 3.8) is 0 Å². The van der Waals surface area contributed by atoms with Gasteiger partial charge in [0.2, 0.25) is 0 Å². The molecule has 0 aromatic carbocycles. The normalized spacial score (nSPS) is 36.5. The van der Waals surface area contributed by atoms with E-state index < -0.39 is 0 Å². The van der Waals surface area contributed by atoms with Crippen molar-refractivity contribution in [1.82, 2.24) is 0 Å². The van der Waals surface area contributed by atoms with E-state index in [1.807, 2.05) is 0 Å². The largest absolute Gasteiger partial charge is 0.462 e. The van der Waals surface area contributed by atoms with Crippen LogP contribution in [0.25, 0.3) is 0 Å². The van der Waals surface area contributed by atoms with Gasteiger partial charge in [-0.1, -0.05) is 58.4 Å². The highest BCUT2D eigenvalue weighted by molar-refractivity contribution is 5.86. The van der Waals surface area contributed by atoms with Crippen LogP contribution in [0.5, 0.6) is 0 Å². The number of hydrogen-bond acceptors (Lipinski definition) is 2. The van der Waals surface area contributed by atoms with Crippen molar-refractivity contribution in [3.8, 4) is 0 Å². The van der Waals surface area contributed by atoms with Gasteiger partial charge in [0, 0.05) is 11.0 Å². The third-order valence-electron chi connectivity index (χ3n) is 7.59. The van der Waals surface area contributed by atoms with E-state index in [0.717, 1.165) is 12.8 Å². The lowest BCUT2D eigenvalue weighted by molar-refractivity contribution is -0.149. The van der Waals surface area contributed by atoms with Gasteiger partial charge in [-0.25, -0.2) is 4.79 Å². The molecule has 144 valence electrons. The number of rotatable bonds is 4. The van der Waals surface area contributed by atoms with E-state index in [9.17, 15) is 4.79 Å². The summed E-state index contributed by atoms with van der Waals surface area (Å²) >= 11 is 0. The third-order valence-corrected chi connectivity index (χ3v) is 7.59. The number of ether oxygens (including phenoxy) is 1. The summed E-state index contributed by atoms with van der Waals surface area (Å²) in [6.45, 7) is 15.5. The molecule has 0 aromatic rings. The van der Waals surface area contributed by atoms with E-state index in [1.54, 1.807) is 18.1 Å². The summed E-state index contributed by atoms with van der Waals surface area (Å²) in [6.07, 6.45) is 12.3. The van der Waals surface area contributed by atoms with Crippen LogP contribution in [0.15, 0.2) is 35.5 Å². The van der Waals surface area contributed by atoms with Crippen LogP contribution < -0.4 is 0 Å². The Hall–Kier alpha value is -1.31. The second-order valence-electron chi connectivity index (χ2n) is 9.83. The maximum Gasteiger partial charge on any atom is 0.333 e. The van der Waals surface area contributed by atoms with Crippen molar-refractivity contribution in [2.75, 3.05) is 6.61 Å². The molecule has 0 bridgehead atoms. The van der Waals surface area contributed by atoms with Gasteiger partial charge in [0.1, 0.15) is 0 Å². The summed E-state index contributed by atoms with van der Waals surface area (Å²) in [6, 6.07) is 0. The standard InChI is InChI=1S/C24H36O2/c1-16(2)18-8-10-20-19(14-18)9-11-21-23(5,12-7-13-24(20,21)6)15-26-22(25)17(3)4/h9,14,16,20-21H,3,7-8,10-13,15H2,1-2,4-6H3/t20-,21-,23-,24+/m0/s1. The molecule has 0 amide bonds. The molecular weight excluding hydrogens is 320 g/mol. The number of hydrogen-bond donors (Lipinski definition) is 0. The van der Waals surface area contributed by atoms with Gasteiger partial charge in [0.05, 0.1) is 6.61 Å². The molecule has 0 aromatic heterocycles. The van der Waals surface area contributed by atoms with Crippen molar-refractivity contribution in [3.05, 3.63) is 35.5 Å². The maximum absolute atomic E-state index is 12.0. The quantitative estimate of drug-likeness (QED) is 0.440. The predicted octanol–water partition coefficient (Wildman–Crippen LogP) is 6.24. The molecule has 0 radical (unpaired) electrons. The van der Waals surface area contributed by atoms with Crippen LogP contribution in [-0.4, -0.2) is 12.6 Å². The Morgan fingerprint density at radius 2 is 2.08 bits per heavy atom. The average molecular weight is 357 g/mol. The molecule has 2 heteroatoms. The zero-order chi connectivity index (χ0) is 19.1. The van der Waals surface area contributed by atoms with Crippen LogP contribution in [0, 0.1) is 28.6 Å². The fourth-order valence-electron chi connectivity index (χ4n) is 6.00. The Balaban J connectivity index is 1.85. The minimum Gasteiger partial charge on any atom is -0.462 e. The van der Waals surface area contributed by atoms with Crippen molar-refractivity contribution >= 4 is 5.97 Å². The highest BCUT2D eigenvalue weighted by atomic mass is 16.5. The number of carbonyl (C=O) groups is 1. The molecule has 0 N–H and O–H groups in total. The van der Waals surface area contributed by atoms with Gasteiger partial charge < -0.3 is 4.74 Å². The minimum atomic E-state index is -0.243. The SMILES string of the molecule is C=C(C)C(=O)OC[C@]1(C)CCC[C@]2(C)[C@H]3CCC(C(C)C)=CC3=CC[C@@H]12. The first kappa shape index (κ1) is 19.5. The highest BCUT2D eigenvalue weighted by Gasteiger charge is 2.54. The van der Waals surface area contributed by atoms with Crippen molar-refractivity contribution in [2.45, 2.75) is 73.1 Å². The fourth-order valence-corrected chi connectivity index (χ4v) is 6.00. The maximum atomic E-state index is 12.0. The lowest BCUT2D eigenvalue weighted by Gasteiger charge is -2.58. The van der Waals surface area contributed by atoms with Gasteiger partial charge in [-0.3, -0.25) is 0 Å². The molecule has 0 spiro atoms. The molecule has 4 atom stereocenters. The Morgan fingerprint density at radius 1 is 1.35 bits per heavy atom. The average Bonchev–Trinajstić information content (AvgIpc) is 2.59. The lowest BCUT2D eigenvalue weighted by Crippen LogP contribution is -2.51. The first-order valence-electron chi connectivity index (χ1n) is 10.4. The first-order valence-corrected chi connectivity index (χ1v) is 10.4. The van der Waals surface area contributed by atoms with Crippen LogP contribution in [0.2, 0.25) is 0 Å². The van der Waals surface area contributed by atoms with Crippen molar-refractivity contribution < 1.29 is 9.53 Å². The van der Waals surface area contributed by atoms with Gasteiger partial charge in [0.15, 0.2) is 0 Å². The van der Waals surface area contributed by atoms with E-state index in [-0.39, 0.29) is 11.4 Å². The third kappa shape index (κ3) is 3.32. The summed E-state index contributed by atoms with van der Waals surface area (Å²) in [5, 5.41) is 0. The van der Waals surface area contributed by atoms with Gasteiger partial charge in [-0.2, -0.15) is 0 Å². The highest BCUT2D eigenvalue weighted by Crippen LogP contribution is 2.62. The van der Waals surface area contributed by atoms with Gasteiger partial charge >= 0.3 is 5.97 Å². The van der Waals surface area contributed by atoms with Crippen LogP contribution in [0.1, 0.15) is 73.1 Å². The van der Waals surface area contributed by atoms with Crippen LogP contribution in [0.3, 0.4) is 0 Å².